The van der Waals surface area contributed by atoms with E-state index in [1.165, 1.54) is 7.05 Å². The third-order valence-electron chi connectivity index (χ3n) is 5.93. The number of aromatic nitrogens is 4. The number of aliphatic hydroxyl groups is 2. The van der Waals surface area contributed by atoms with E-state index in [0.29, 0.717) is 34.4 Å². The standard InChI is InChI=1S/C21H25ClN6O3/c1-10-14(21(31)23-3)17(29)18(30)16(10)28-9-25-15-19(26-11(2)27-20(15)28)24-8-12-5-4-6-13(22)7-12/h4-7,9-10,14,16-18,29-30H,8H2,1-3H3,(H,23,31)(H,24,26,27)/t10-,14?,16?,17?,18?/m0/s1. The van der Waals surface area contributed by atoms with Crippen LogP contribution in [0.1, 0.15) is 24.4 Å². The molecule has 9 nitrogen and oxygen atoms in total. The molecule has 164 valence electrons. The SMILES string of the molecule is CNC(=O)C1C(O)C(O)C(n2cnc3c(NCc4cccc(Cl)c4)nc(C)nc32)[C@H]1C. The summed E-state index contributed by atoms with van der Waals surface area (Å²) < 4.78 is 1.73. The fourth-order valence-corrected chi connectivity index (χ4v) is 4.64. The first-order valence-corrected chi connectivity index (χ1v) is 10.5. The minimum absolute atomic E-state index is 0.305. The molecule has 2 aromatic heterocycles. The number of aliphatic hydroxyl groups excluding tert-OH is 2. The molecule has 1 aliphatic rings. The Hall–Kier alpha value is -2.75. The summed E-state index contributed by atoms with van der Waals surface area (Å²) in [6.07, 6.45) is -0.735. The van der Waals surface area contributed by atoms with Gasteiger partial charge in [-0.3, -0.25) is 4.79 Å². The number of halogens is 1. The van der Waals surface area contributed by atoms with Gasteiger partial charge in [0.2, 0.25) is 5.91 Å². The summed E-state index contributed by atoms with van der Waals surface area (Å²) in [7, 11) is 1.52. The molecule has 4 rings (SSSR count). The quantitative estimate of drug-likeness (QED) is 0.471. The molecular weight excluding hydrogens is 420 g/mol. The number of carbonyl (C=O) groups is 1. The van der Waals surface area contributed by atoms with E-state index in [9.17, 15) is 15.0 Å². The van der Waals surface area contributed by atoms with Crippen molar-refractivity contribution in [1.82, 2.24) is 24.8 Å². The Morgan fingerprint density at radius 1 is 1.26 bits per heavy atom. The van der Waals surface area contributed by atoms with E-state index in [2.05, 4.69) is 25.6 Å². The first-order chi connectivity index (χ1) is 14.8. The number of hydrogen-bond donors (Lipinski definition) is 4. The molecule has 3 aromatic rings. The molecule has 0 radical (unpaired) electrons. The minimum atomic E-state index is -1.18. The highest BCUT2D eigenvalue weighted by Crippen LogP contribution is 2.42. The lowest BCUT2D eigenvalue weighted by Crippen LogP contribution is -2.37. The van der Waals surface area contributed by atoms with Crippen molar-refractivity contribution < 1.29 is 15.0 Å². The number of anilines is 1. The summed E-state index contributed by atoms with van der Waals surface area (Å²) in [5.74, 6) is -0.275. The van der Waals surface area contributed by atoms with Crippen molar-refractivity contribution in [2.24, 2.45) is 11.8 Å². The van der Waals surface area contributed by atoms with Crippen LogP contribution >= 0.6 is 11.6 Å². The van der Waals surface area contributed by atoms with Gasteiger partial charge in [-0.15, -0.1) is 0 Å². The predicted molar refractivity (Wildman–Crippen MR) is 117 cm³/mol. The fraction of sp³-hybridized carbons (Fsp3) is 0.429. The summed E-state index contributed by atoms with van der Waals surface area (Å²) in [6.45, 7) is 4.11. The van der Waals surface area contributed by atoms with Crippen LogP contribution in [0.5, 0.6) is 0 Å². The van der Waals surface area contributed by atoms with Gasteiger partial charge in [-0.1, -0.05) is 30.7 Å². The number of nitrogens with zero attached hydrogens (tertiary/aromatic N) is 4. The lowest BCUT2D eigenvalue weighted by atomic mass is 9.94. The van der Waals surface area contributed by atoms with Gasteiger partial charge in [0.25, 0.3) is 0 Å². The second kappa shape index (κ2) is 8.41. The van der Waals surface area contributed by atoms with Crippen LogP contribution < -0.4 is 10.6 Å². The summed E-state index contributed by atoms with van der Waals surface area (Å²) in [5, 5.41) is 27.8. The third-order valence-corrected chi connectivity index (χ3v) is 6.16. The number of rotatable bonds is 5. The van der Waals surface area contributed by atoms with Crippen LogP contribution in [0.3, 0.4) is 0 Å². The first-order valence-electron chi connectivity index (χ1n) is 10.1. The second-order valence-corrected chi connectivity index (χ2v) is 8.33. The van der Waals surface area contributed by atoms with Gasteiger partial charge in [-0.05, 0) is 30.5 Å². The van der Waals surface area contributed by atoms with Gasteiger partial charge >= 0.3 is 0 Å². The highest BCUT2D eigenvalue weighted by molar-refractivity contribution is 6.30. The van der Waals surface area contributed by atoms with E-state index in [1.54, 1.807) is 17.8 Å². The molecule has 0 saturated heterocycles. The number of amides is 1. The Balaban J connectivity index is 1.68. The van der Waals surface area contributed by atoms with Gasteiger partial charge < -0.3 is 25.4 Å². The maximum absolute atomic E-state index is 12.3. The molecular formula is C21H25ClN6O3. The van der Waals surface area contributed by atoms with Crippen LogP contribution in [-0.4, -0.2) is 54.9 Å². The lowest BCUT2D eigenvalue weighted by Gasteiger charge is -2.22. The molecule has 1 aliphatic carbocycles. The van der Waals surface area contributed by atoms with Gasteiger partial charge in [-0.25, -0.2) is 15.0 Å². The number of hydrogen-bond acceptors (Lipinski definition) is 7. The van der Waals surface area contributed by atoms with Crippen molar-refractivity contribution in [3.8, 4) is 0 Å². The maximum Gasteiger partial charge on any atom is 0.225 e. The minimum Gasteiger partial charge on any atom is -0.390 e. The van der Waals surface area contributed by atoms with Crippen LogP contribution in [0, 0.1) is 18.8 Å². The maximum atomic E-state index is 12.3. The van der Waals surface area contributed by atoms with E-state index in [-0.39, 0.29) is 11.8 Å². The van der Waals surface area contributed by atoms with Crippen LogP contribution in [-0.2, 0) is 11.3 Å². The van der Waals surface area contributed by atoms with E-state index in [1.807, 2.05) is 31.2 Å². The van der Waals surface area contributed by atoms with Crippen molar-refractivity contribution in [3.05, 3.63) is 47.0 Å². The Morgan fingerprint density at radius 2 is 2.03 bits per heavy atom. The van der Waals surface area contributed by atoms with Gasteiger partial charge in [-0.2, -0.15) is 0 Å². The summed E-state index contributed by atoms with van der Waals surface area (Å²) in [5.41, 5.74) is 2.07. The number of nitrogens with one attached hydrogen (secondary N) is 2. The van der Waals surface area contributed by atoms with Crippen molar-refractivity contribution in [2.75, 3.05) is 12.4 Å². The highest BCUT2D eigenvalue weighted by Gasteiger charge is 2.51. The van der Waals surface area contributed by atoms with Crippen molar-refractivity contribution in [1.29, 1.82) is 0 Å². The number of aryl methyl sites for hydroxylation is 1. The van der Waals surface area contributed by atoms with Crippen LogP contribution in [0.4, 0.5) is 5.82 Å². The van der Waals surface area contributed by atoms with E-state index in [4.69, 9.17) is 11.6 Å². The molecule has 1 amide bonds. The van der Waals surface area contributed by atoms with Crippen LogP contribution in [0.2, 0.25) is 5.02 Å². The van der Waals surface area contributed by atoms with Gasteiger partial charge in [0, 0.05) is 18.6 Å². The van der Waals surface area contributed by atoms with Crippen molar-refractivity contribution >= 4 is 34.5 Å². The zero-order valence-corrected chi connectivity index (χ0v) is 18.2. The molecule has 1 aromatic carbocycles. The topological polar surface area (TPSA) is 125 Å². The van der Waals surface area contributed by atoms with E-state index >= 15 is 0 Å². The molecule has 1 fully saturated rings. The van der Waals surface area contributed by atoms with Crippen LogP contribution in [0.15, 0.2) is 30.6 Å². The second-order valence-electron chi connectivity index (χ2n) is 7.90. The van der Waals surface area contributed by atoms with Gasteiger partial charge in [0.1, 0.15) is 17.4 Å². The largest absolute Gasteiger partial charge is 0.390 e. The fourth-order valence-electron chi connectivity index (χ4n) is 4.43. The van der Waals surface area contributed by atoms with Gasteiger partial charge in [0.15, 0.2) is 11.5 Å². The molecule has 2 heterocycles. The predicted octanol–water partition coefficient (Wildman–Crippen LogP) is 1.68. The molecule has 10 heteroatoms. The Bertz CT molecular complexity index is 1120. The monoisotopic (exact) mass is 444 g/mol. The first kappa shape index (κ1) is 21.5. The average Bonchev–Trinajstić information content (AvgIpc) is 3.24. The molecule has 4 unspecified atom stereocenters. The van der Waals surface area contributed by atoms with Gasteiger partial charge in [0.05, 0.1) is 24.4 Å². The lowest BCUT2D eigenvalue weighted by molar-refractivity contribution is -0.129. The summed E-state index contributed by atoms with van der Waals surface area (Å²) >= 11 is 6.06. The number of benzene rings is 1. The molecule has 0 spiro atoms. The van der Waals surface area contributed by atoms with Crippen molar-refractivity contribution in [2.45, 2.75) is 38.6 Å². The zero-order chi connectivity index (χ0) is 22.3. The third kappa shape index (κ3) is 3.84. The van der Waals surface area contributed by atoms with Crippen molar-refractivity contribution in [3.63, 3.8) is 0 Å². The normalized spacial score (nSPS) is 25.7. The number of carbonyl (C=O) groups excluding carboxylic acids is 1. The number of fused-ring (bicyclic) bond motifs is 1. The molecule has 1 saturated carbocycles. The average molecular weight is 445 g/mol. The number of imidazole rings is 1. The molecule has 5 atom stereocenters. The summed E-state index contributed by atoms with van der Waals surface area (Å²) in [4.78, 5) is 25.7. The van der Waals surface area contributed by atoms with E-state index in [0.717, 1.165) is 5.56 Å². The molecule has 31 heavy (non-hydrogen) atoms. The Labute approximate surface area is 184 Å². The Kier molecular flexibility index (Phi) is 5.83. The van der Waals surface area contributed by atoms with Crippen LogP contribution in [0.25, 0.3) is 11.2 Å². The smallest absolute Gasteiger partial charge is 0.225 e. The highest BCUT2D eigenvalue weighted by atomic mass is 35.5. The Morgan fingerprint density at radius 3 is 2.74 bits per heavy atom. The summed E-state index contributed by atoms with van der Waals surface area (Å²) in [6, 6.07) is 6.96. The molecule has 4 N–H and O–H groups in total. The molecule has 0 aliphatic heterocycles. The van der Waals surface area contributed by atoms with E-state index < -0.39 is 24.2 Å². The zero-order valence-electron chi connectivity index (χ0n) is 17.5. The molecule has 0 bridgehead atoms.